The minimum absolute atomic E-state index is 0.0662. The van der Waals surface area contributed by atoms with Crippen LogP contribution in [-0.2, 0) is 0 Å². The van der Waals surface area contributed by atoms with Gasteiger partial charge in [-0.25, -0.2) is 17.6 Å². The van der Waals surface area contributed by atoms with Crippen molar-refractivity contribution in [3.05, 3.63) is 34.9 Å². The van der Waals surface area contributed by atoms with Gasteiger partial charge in [0.05, 0.1) is 10.3 Å². The molecule has 1 aromatic carbocycles. The maximum absolute atomic E-state index is 14.1. The highest BCUT2D eigenvalue weighted by Gasteiger charge is 2.48. The van der Waals surface area contributed by atoms with Gasteiger partial charge >= 0.3 is 5.82 Å². The normalized spacial score (nSPS) is 20.5. The average molecular weight is 351 g/mol. The fraction of sp³-hybridized carbons (Fsp3) is 0.500. The van der Waals surface area contributed by atoms with Crippen LogP contribution in [0.4, 0.5) is 26.3 Å². The Morgan fingerprint density at radius 3 is 1.96 bits per heavy atom. The topological polar surface area (TPSA) is 34.6 Å². The Morgan fingerprint density at radius 2 is 1.46 bits per heavy atom. The maximum atomic E-state index is 14.1. The summed E-state index contributed by atoms with van der Waals surface area (Å²) in [6.45, 7) is 5.43. The minimum Gasteiger partial charge on any atom is -0.235 e. The standard InChI is InChI=1S/C14H13F6N4/c1-14(2,3)6-4-5(15)13-21-24(22-23(6)13)12-10(19)8(17)7(16)9(18)11(12)20/h5-6H,4H2,1-3H3/q+1/t5-,6+/m0/s1. The quantitative estimate of drug-likeness (QED) is 0.342. The summed E-state index contributed by atoms with van der Waals surface area (Å²) >= 11 is 0. The Hall–Kier alpha value is -2.13. The lowest BCUT2D eigenvalue weighted by Gasteiger charge is -2.23. The predicted octanol–water partition coefficient (Wildman–Crippen LogP) is 3.25. The van der Waals surface area contributed by atoms with Gasteiger partial charge in [-0.05, 0) is 5.41 Å². The third-order valence-electron chi connectivity index (χ3n) is 4.00. The van der Waals surface area contributed by atoms with E-state index in [9.17, 15) is 26.3 Å². The predicted molar refractivity (Wildman–Crippen MR) is 68.3 cm³/mol. The Kier molecular flexibility index (Phi) is 3.61. The molecule has 0 saturated heterocycles. The van der Waals surface area contributed by atoms with Gasteiger partial charge in [0, 0.05) is 11.2 Å². The molecule has 4 nitrogen and oxygen atoms in total. The van der Waals surface area contributed by atoms with Crippen LogP contribution < -0.4 is 4.68 Å². The van der Waals surface area contributed by atoms with Crippen LogP contribution in [0.3, 0.4) is 0 Å². The summed E-state index contributed by atoms with van der Waals surface area (Å²) in [5.41, 5.74) is -1.79. The maximum Gasteiger partial charge on any atom is 0.333 e. The van der Waals surface area contributed by atoms with Crippen LogP contribution >= 0.6 is 0 Å². The number of aromatic nitrogens is 4. The number of benzene rings is 1. The molecule has 0 bridgehead atoms. The number of tetrazole rings is 1. The van der Waals surface area contributed by atoms with Crippen LogP contribution in [0.5, 0.6) is 0 Å². The van der Waals surface area contributed by atoms with Crippen molar-refractivity contribution in [2.45, 2.75) is 39.4 Å². The van der Waals surface area contributed by atoms with Crippen molar-refractivity contribution in [2.24, 2.45) is 5.41 Å². The second kappa shape index (κ2) is 5.18. The van der Waals surface area contributed by atoms with E-state index in [4.69, 9.17) is 0 Å². The van der Waals surface area contributed by atoms with Gasteiger partial charge in [-0.2, -0.15) is 8.78 Å². The third-order valence-corrected chi connectivity index (χ3v) is 4.00. The molecule has 0 amide bonds. The van der Waals surface area contributed by atoms with Gasteiger partial charge in [0.15, 0.2) is 6.17 Å². The van der Waals surface area contributed by atoms with Crippen LogP contribution in [0.2, 0.25) is 0 Å². The second-order valence-electron chi connectivity index (χ2n) is 6.69. The first-order chi connectivity index (χ1) is 11.0. The van der Waals surface area contributed by atoms with Gasteiger partial charge in [0.25, 0.3) is 0 Å². The van der Waals surface area contributed by atoms with Crippen molar-refractivity contribution in [3.63, 3.8) is 0 Å². The zero-order valence-electron chi connectivity index (χ0n) is 12.9. The van der Waals surface area contributed by atoms with Gasteiger partial charge in [-0.15, -0.1) is 4.68 Å². The third kappa shape index (κ3) is 2.27. The molecule has 24 heavy (non-hydrogen) atoms. The Labute approximate surface area is 132 Å². The van der Waals surface area contributed by atoms with Crippen LogP contribution in [0.15, 0.2) is 0 Å². The molecule has 130 valence electrons. The number of hydrogen-bond donors (Lipinski definition) is 0. The minimum atomic E-state index is -2.28. The first-order valence-electron chi connectivity index (χ1n) is 7.09. The molecule has 0 aliphatic carbocycles. The molecule has 1 aliphatic heterocycles. The van der Waals surface area contributed by atoms with E-state index in [1.807, 2.05) is 20.8 Å². The molecule has 0 radical (unpaired) electrons. The van der Waals surface area contributed by atoms with Crippen molar-refractivity contribution >= 4 is 0 Å². The molecule has 0 N–H and O–H groups in total. The molecule has 0 spiro atoms. The highest BCUT2D eigenvalue weighted by atomic mass is 19.2. The average Bonchev–Trinajstić information content (AvgIpc) is 3.03. The summed E-state index contributed by atoms with van der Waals surface area (Å²) in [6, 6.07) is -0.475. The number of halogens is 6. The second-order valence-corrected chi connectivity index (χ2v) is 6.69. The fourth-order valence-electron chi connectivity index (χ4n) is 2.71. The monoisotopic (exact) mass is 351 g/mol. The summed E-state index contributed by atoms with van der Waals surface area (Å²) in [5.74, 6) is -10.9. The summed E-state index contributed by atoms with van der Waals surface area (Å²) < 4.78 is 82.7. The van der Waals surface area contributed by atoms with Crippen LogP contribution in [0.25, 0.3) is 5.69 Å². The SMILES string of the molecule is CC(C)(C)[C@H]1C[C@H](F)c2nn(-c3c(F)c(F)c(F)c(F)c3F)n[n+]21. The highest BCUT2D eigenvalue weighted by molar-refractivity contribution is 5.35. The van der Waals surface area contributed by atoms with E-state index in [2.05, 4.69) is 10.3 Å². The van der Waals surface area contributed by atoms with E-state index in [1.54, 1.807) is 0 Å². The Morgan fingerprint density at radius 1 is 0.958 bits per heavy atom. The number of alkyl halides is 1. The Bertz CT molecular complexity index is 797. The molecular weight excluding hydrogens is 338 g/mol. The first-order valence-corrected chi connectivity index (χ1v) is 7.09. The molecular formula is C14H13F6N4+. The van der Waals surface area contributed by atoms with E-state index in [1.165, 1.54) is 0 Å². The van der Waals surface area contributed by atoms with Gasteiger partial charge < -0.3 is 0 Å². The Balaban J connectivity index is 2.20. The number of nitrogens with zero attached hydrogens (tertiary/aromatic N) is 4. The smallest absolute Gasteiger partial charge is 0.235 e. The molecule has 2 aromatic rings. The molecule has 1 aliphatic rings. The van der Waals surface area contributed by atoms with E-state index >= 15 is 0 Å². The lowest BCUT2D eigenvalue weighted by Crippen LogP contribution is -2.46. The molecule has 1 aromatic heterocycles. The van der Waals surface area contributed by atoms with Gasteiger partial charge in [0.2, 0.25) is 34.8 Å². The van der Waals surface area contributed by atoms with Gasteiger partial charge in [-0.3, -0.25) is 0 Å². The number of hydrogen-bond acceptors (Lipinski definition) is 2. The molecule has 2 heterocycles. The lowest BCUT2D eigenvalue weighted by molar-refractivity contribution is -0.784. The van der Waals surface area contributed by atoms with E-state index < -0.39 is 52.4 Å². The molecule has 0 fully saturated rings. The lowest BCUT2D eigenvalue weighted by atomic mass is 9.85. The van der Waals surface area contributed by atoms with Crippen molar-refractivity contribution in [1.29, 1.82) is 0 Å². The largest absolute Gasteiger partial charge is 0.333 e. The summed E-state index contributed by atoms with van der Waals surface area (Å²) in [4.78, 5) is 0.246. The molecule has 0 unspecified atom stereocenters. The first kappa shape index (κ1) is 16.7. The van der Waals surface area contributed by atoms with Crippen molar-refractivity contribution in [3.8, 4) is 5.69 Å². The van der Waals surface area contributed by atoms with E-state index in [-0.39, 0.29) is 17.0 Å². The van der Waals surface area contributed by atoms with Crippen LogP contribution in [-0.4, -0.2) is 15.1 Å². The van der Waals surface area contributed by atoms with Gasteiger partial charge in [-0.1, -0.05) is 20.8 Å². The molecule has 3 rings (SSSR count). The molecule has 10 heteroatoms. The van der Waals surface area contributed by atoms with Crippen molar-refractivity contribution in [1.82, 2.24) is 15.1 Å². The highest BCUT2D eigenvalue weighted by Crippen LogP contribution is 2.39. The van der Waals surface area contributed by atoms with E-state index in [0.29, 0.717) is 0 Å². The van der Waals surface area contributed by atoms with Crippen molar-refractivity contribution < 1.29 is 31.0 Å². The van der Waals surface area contributed by atoms with Gasteiger partial charge in [0.1, 0.15) is 6.04 Å². The summed E-state index contributed by atoms with van der Waals surface area (Å²) in [5, 5.41) is 7.34. The number of fused-ring (bicyclic) bond motifs is 1. The zero-order valence-corrected chi connectivity index (χ0v) is 12.9. The summed E-state index contributed by atoms with van der Waals surface area (Å²) in [6.07, 6.45) is -1.49. The fourth-order valence-corrected chi connectivity index (χ4v) is 2.71. The van der Waals surface area contributed by atoms with Crippen LogP contribution in [0, 0.1) is 34.5 Å². The van der Waals surface area contributed by atoms with Crippen LogP contribution in [0.1, 0.15) is 45.2 Å². The molecule has 2 atom stereocenters. The van der Waals surface area contributed by atoms with E-state index in [0.717, 1.165) is 4.68 Å². The number of rotatable bonds is 1. The molecule has 0 saturated carbocycles. The van der Waals surface area contributed by atoms with Crippen molar-refractivity contribution in [2.75, 3.05) is 0 Å². The summed E-state index contributed by atoms with van der Waals surface area (Å²) in [7, 11) is 0. The zero-order chi connectivity index (χ0) is 18.0.